The summed E-state index contributed by atoms with van der Waals surface area (Å²) in [5.41, 5.74) is 3.81. The lowest BCUT2D eigenvalue weighted by Crippen LogP contribution is -2.30. The molecule has 3 aromatic carbocycles. The molecule has 1 amide bonds. The van der Waals surface area contributed by atoms with Crippen LogP contribution in [0.4, 0.5) is 5.69 Å². The van der Waals surface area contributed by atoms with E-state index in [1.54, 1.807) is 24.3 Å². The van der Waals surface area contributed by atoms with Gasteiger partial charge in [0, 0.05) is 11.3 Å². The quantitative estimate of drug-likeness (QED) is 0.283. The van der Waals surface area contributed by atoms with Crippen LogP contribution in [0, 0.1) is 19.8 Å². The van der Waals surface area contributed by atoms with E-state index in [4.69, 9.17) is 4.74 Å². The number of ketones is 1. The number of carbonyl (C=O) groups excluding carboxylic acids is 2. The maximum atomic E-state index is 13.3. The Morgan fingerprint density at radius 3 is 2.32 bits per heavy atom. The van der Waals surface area contributed by atoms with Gasteiger partial charge in [-0.2, -0.15) is 0 Å². The molecule has 0 saturated carbocycles. The molecule has 0 spiro atoms. The number of ether oxygens (including phenoxy) is 1. The Morgan fingerprint density at radius 2 is 1.68 bits per heavy atom. The van der Waals surface area contributed by atoms with Gasteiger partial charge in [0.25, 0.3) is 11.7 Å². The van der Waals surface area contributed by atoms with Gasteiger partial charge in [0.15, 0.2) is 0 Å². The average molecular weight is 456 g/mol. The van der Waals surface area contributed by atoms with Crippen molar-refractivity contribution >= 4 is 23.1 Å². The van der Waals surface area contributed by atoms with Crippen LogP contribution in [0.25, 0.3) is 5.76 Å². The molecular formula is C29H29NO4. The highest BCUT2D eigenvalue weighted by Gasteiger charge is 2.47. The van der Waals surface area contributed by atoms with Crippen LogP contribution in [-0.2, 0) is 9.59 Å². The maximum absolute atomic E-state index is 13.3. The fourth-order valence-corrected chi connectivity index (χ4v) is 4.20. The first-order valence-electron chi connectivity index (χ1n) is 11.4. The molecule has 5 nitrogen and oxygen atoms in total. The van der Waals surface area contributed by atoms with E-state index in [-0.39, 0.29) is 11.3 Å². The van der Waals surface area contributed by atoms with Crippen LogP contribution in [0.15, 0.2) is 78.4 Å². The van der Waals surface area contributed by atoms with E-state index in [0.29, 0.717) is 29.5 Å². The zero-order valence-electron chi connectivity index (χ0n) is 19.9. The molecule has 1 aliphatic rings. The summed E-state index contributed by atoms with van der Waals surface area (Å²) in [5, 5.41) is 11.3. The number of amides is 1. The molecule has 0 bridgehead atoms. The lowest BCUT2D eigenvalue weighted by atomic mass is 9.94. The Labute approximate surface area is 200 Å². The van der Waals surface area contributed by atoms with Crippen LogP contribution < -0.4 is 9.64 Å². The van der Waals surface area contributed by atoms with Crippen molar-refractivity contribution in [1.29, 1.82) is 0 Å². The van der Waals surface area contributed by atoms with Crippen molar-refractivity contribution in [1.82, 2.24) is 0 Å². The lowest BCUT2D eigenvalue weighted by Gasteiger charge is -2.27. The molecule has 1 heterocycles. The molecule has 1 saturated heterocycles. The number of aliphatic hydroxyl groups is 1. The SMILES string of the molecule is Cc1cccc(C2/C(=C(/O)c3ccc(OCC(C)C)cc3)C(=O)C(=O)N2c2ccccc2C)c1. The fraction of sp³-hybridized carbons (Fsp3) is 0.241. The molecular weight excluding hydrogens is 426 g/mol. The molecule has 1 atom stereocenters. The summed E-state index contributed by atoms with van der Waals surface area (Å²) in [6.45, 7) is 8.58. The van der Waals surface area contributed by atoms with E-state index < -0.39 is 17.7 Å². The Balaban J connectivity index is 1.84. The van der Waals surface area contributed by atoms with Gasteiger partial charge in [-0.25, -0.2) is 0 Å². The van der Waals surface area contributed by atoms with Crippen LogP contribution in [0.1, 0.15) is 42.1 Å². The molecule has 3 aromatic rings. The number of carbonyl (C=O) groups is 2. The predicted octanol–water partition coefficient (Wildman–Crippen LogP) is 5.96. The van der Waals surface area contributed by atoms with E-state index in [1.807, 2.05) is 62.4 Å². The minimum absolute atomic E-state index is 0.0784. The van der Waals surface area contributed by atoms with Crippen molar-refractivity contribution < 1.29 is 19.4 Å². The molecule has 5 heteroatoms. The largest absolute Gasteiger partial charge is 0.507 e. The smallest absolute Gasteiger partial charge is 0.300 e. The van der Waals surface area contributed by atoms with Crippen molar-refractivity contribution in [2.45, 2.75) is 33.7 Å². The number of nitrogens with zero attached hydrogens (tertiary/aromatic N) is 1. The second kappa shape index (κ2) is 9.56. The maximum Gasteiger partial charge on any atom is 0.300 e. The summed E-state index contributed by atoms with van der Waals surface area (Å²) in [6, 6.07) is 21.3. The van der Waals surface area contributed by atoms with Gasteiger partial charge in [-0.15, -0.1) is 0 Å². The lowest BCUT2D eigenvalue weighted by molar-refractivity contribution is -0.132. The summed E-state index contributed by atoms with van der Waals surface area (Å²) < 4.78 is 5.73. The third-order valence-corrected chi connectivity index (χ3v) is 5.89. The zero-order valence-corrected chi connectivity index (χ0v) is 19.9. The van der Waals surface area contributed by atoms with Crippen LogP contribution >= 0.6 is 0 Å². The molecule has 34 heavy (non-hydrogen) atoms. The average Bonchev–Trinajstić information content (AvgIpc) is 3.08. The first-order chi connectivity index (χ1) is 16.3. The fourth-order valence-electron chi connectivity index (χ4n) is 4.20. The topological polar surface area (TPSA) is 66.8 Å². The molecule has 0 aliphatic carbocycles. The highest BCUT2D eigenvalue weighted by atomic mass is 16.5. The van der Waals surface area contributed by atoms with Crippen molar-refractivity contribution in [2.24, 2.45) is 5.92 Å². The van der Waals surface area contributed by atoms with Crippen molar-refractivity contribution in [3.8, 4) is 5.75 Å². The van der Waals surface area contributed by atoms with Gasteiger partial charge in [0.05, 0.1) is 18.2 Å². The second-order valence-electron chi connectivity index (χ2n) is 9.10. The standard InChI is InChI=1S/C29H29NO4/c1-18(2)17-34-23-14-12-21(13-15-23)27(31)25-26(22-10-7-8-19(3)16-22)30(29(33)28(25)32)24-11-6-5-9-20(24)4/h5-16,18,26,31H,17H2,1-4H3/b27-25-. The van der Waals surface area contributed by atoms with E-state index in [0.717, 1.165) is 16.7 Å². The predicted molar refractivity (Wildman–Crippen MR) is 134 cm³/mol. The van der Waals surface area contributed by atoms with Gasteiger partial charge < -0.3 is 9.84 Å². The van der Waals surface area contributed by atoms with Gasteiger partial charge in [0.1, 0.15) is 11.5 Å². The number of hydrogen-bond donors (Lipinski definition) is 1. The van der Waals surface area contributed by atoms with Crippen molar-refractivity contribution in [3.05, 3.63) is 101 Å². The van der Waals surface area contributed by atoms with Crippen LogP contribution in [-0.4, -0.2) is 23.4 Å². The second-order valence-corrected chi connectivity index (χ2v) is 9.10. The number of para-hydroxylation sites is 1. The Kier molecular flexibility index (Phi) is 6.55. The van der Waals surface area contributed by atoms with Crippen LogP contribution in [0.5, 0.6) is 5.75 Å². The van der Waals surface area contributed by atoms with Gasteiger partial charge in [-0.3, -0.25) is 14.5 Å². The summed E-state index contributed by atoms with van der Waals surface area (Å²) in [4.78, 5) is 28.1. The monoisotopic (exact) mass is 455 g/mol. The number of aliphatic hydroxyl groups excluding tert-OH is 1. The van der Waals surface area contributed by atoms with E-state index in [9.17, 15) is 14.7 Å². The highest BCUT2D eigenvalue weighted by Crippen LogP contribution is 2.43. The van der Waals surface area contributed by atoms with Crippen molar-refractivity contribution in [3.63, 3.8) is 0 Å². The first-order valence-corrected chi connectivity index (χ1v) is 11.4. The number of Topliss-reactive ketones (excluding diaryl/α,β-unsaturated/α-hetero) is 1. The number of anilines is 1. The molecule has 0 radical (unpaired) electrons. The van der Waals surface area contributed by atoms with Gasteiger partial charge in [0.2, 0.25) is 0 Å². The van der Waals surface area contributed by atoms with E-state index in [1.165, 1.54) is 4.90 Å². The third kappa shape index (κ3) is 4.46. The summed E-state index contributed by atoms with van der Waals surface area (Å²) in [7, 11) is 0. The number of aryl methyl sites for hydroxylation is 2. The molecule has 1 unspecified atom stereocenters. The van der Waals surface area contributed by atoms with Gasteiger partial charge in [-0.05, 0) is 61.2 Å². The first kappa shape index (κ1) is 23.3. The molecule has 0 aromatic heterocycles. The molecule has 1 fully saturated rings. The van der Waals surface area contributed by atoms with E-state index >= 15 is 0 Å². The van der Waals surface area contributed by atoms with E-state index in [2.05, 4.69) is 13.8 Å². The molecule has 1 N–H and O–H groups in total. The number of rotatable bonds is 6. The normalized spacial score (nSPS) is 17.4. The highest BCUT2D eigenvalue weighted by molar-refractivity contribution is 6.51. The Bertz CT molecular complexity index is 1260. The minimum atomic E-state index is -0.738. The van der Waals surface area contributed by atoms with Gasteiger partial charge >= 0.3 is 0 Å². The molecule has 1 aliphatic heterocycles. The summed E-state index contributed by atoms with van der Waals surface area (Å²) >= 11 is 0. The molecule has 174 valence electrons. The summed E-state index contributed by atoms with van der Waals surface area (Å²) in [5.74, 6) is -0.483. The number of hydrogen-bond acceptors (Lipinski definition) is 4. The third-order valence-electron chi connectivity index (χ3n) is 5.89. The zero-order chi connectivity index (χ0) is 24.4. The molecule has 4 rings (SSSR count). The van der Waals surface area contributed by atoms with Crippen LogP contribution in [0.3, 0.4) is 0 Å². The minimum Gasteiger partial charge on any atom is -0.507 e. The summed E-state index contributed by atoms with van der Waals surface area (Å²) in [6.07, 6.45) is 0. The Hall–Kier alpha value is -3.86. The Morgan fingerprint density at radius 1 is 0.971 bits per heavy atom. The van der Waals surface area contributed by atoms with Crippen molar-refractivity contribution in [2.75, 3.05) is 11.5 Å². The van der Waals surface area contributed by atoms with Gasteiger partial charge in [-0.1, -0.05) is 61.9 Å². The number of benzene rings is 3. The van der Waals surface area contributed by atoms with Crippen LogP contribution in [0.2, 0.25) is 0 Å².